The Hall–Kier alpha value is -2.10. The van der Waals surface area contributed by atoms with Crippen LogP contribution in [0.4, 0.5) is 0 Å². The Morgan fingerprint density at radius 2 is 2.06 bits per heavy atom. The van der Waals surface area contributed by atoms with Crippen molar-refractivity contribution in [3.8, 4) is 0 Å². The topological polar surface area (TPSA) is 66.4 Å². The van der Waals surface area contributed by atoms with Gasteiger partial charge in [-0.25, -0.2) is 4.79 Å². The molecule has 0 saturated heterocycles. The molecule has 2 N–H and O–H groups in total. The zero-order chi connectivity index (χ0) is 13.4. The van der Waals surface area contributed by atoms with Gasteiger partial charge in [-0.3, -0.25) is 4.79 Å². The number of carboxylic acids is 1. The number of carbonyl (C=O) groups is 2. The predicted molar refractivity (Wildman–Crippen MR) is 70.4 cm³/mol. The molecule has 0 radical (unpaired) electrons. The van der Waals surface area contributed by atoms with Crippen LogP contribution in [-0.4, -0.2) is 23.5 Å². The molecule has 0 aliphatic rings. The number of rotatable bonds is 6. The minimum atomic E-state index is -0.953. The lowest BCUT2D eigenvalue weighted by Gasteiger charge is -2.01. The van der Waals surface area contributed by atoms with Gasteiger partial charge in [0.2, 0.25) is 5.91 Å². The smallest absolute Gasteiger partial charge is 0.336 e. The number of amides is 1. The van der Waals surface area contributed by atoms with Gasteiger partial charge in [0.25, 0.3) is 0 Å². The van der Waals surface area contributed by atoms with Gasteiger partial charge in [-0.15, -0.1) is 0 Å². The summed E-state index contributed by atoms with van der Waals surface area (Å²) in [5, 5.41) is 11.7. The van der Waals surface area contributed by atoms with E-state index in [2.05, 4.69) is 5.32 Å². The number of carbonyl (C=O) groups excluding carboxylic acids is 1. The number of carboxylic acid groups (broad SMARTS) is 1. The highest BCUT2D eigenvalue weighted by molar-refractivity contribution is 5.92. The van der Waals surface area contributed by atoms with Gasteiger partial charge in [0.05, 0.1) is 5.56 Å². The Labute approximate surface area is 106 Å². The van der Waals surface area contributed by atoms with Crippen molar-refractivity contribution >= 4 is 18.0 Å². The highest BCUT2D eigenvalue weighted by atomic mass is 16.4. The first-order chi connectivity index (χ1) is 8.65. The van der Waals surface area contributed by atoms with Crippen LogP contribution in [-0.2, 0) is 4.79 Å². The van der Waals surface area contributed by atoms with E-state index in [-0.39, 0.29) is 11.5 Å². The largest absolute Gasteiger partial charge is 0.478 e. The molecule has 0 aromatic heterocycles. The maximum Gasteiger partial charge on any atom is 0.336 e. The summed E-state index contributed by atoms with van der Waals surface area (Å²) in [5.41, 5.74) is 0.892. The number of hydrogen-bond donors (Lipinski definition) is 2. The van der Waals surface area contributed by atoms with Gasteiger partial charge in [0, 0.05) is 13.0 Å². The summed E-state index contributed by atoms with van der Waals surface area (Å²) < 4.78 is 0. The van der Waals surface area contributed by atoms with Crippen LogP contribution in [0.15, 0.2) is 30.3 Å². The molecule has 0 spiro atoms. The van der Waals surface area contributed by atoms with E-state index in [9.17, 15) is 9.59 Å². The Morgan fingerprint density at radius 3 is 2.72 bits per heavy atom. The van der Waals surface area contributed by atoms with Crippen LogP contribution in [0.3, 0.4) is 0 Å². The first-order valence-corrected chi connectivity index (χ1v) is 5.90. The third kappa shape index (κ3) is 4.41. The summed E-state index contributed by atoms with van der Waals surface area (Å²) >= 11 is 0. The second-order valence-electron chi connectivity index (χ2n) is 3.85. The standard InChI is InChI=1S/C14H17NO3/c1-2-6-13(16)15-10-5-8-11-7-3-4-9-12(11)14(17)18/h3-5,7-9H,2,6,10H2,1H3,(H,15,16)(H,17,18). The maximum absolute atomic E-state index is 11.2. The van der Waals surface area contributed by atoms with Gasteiger partial charge >= 0.3 is 5.97 Å². The Balaban J connectivity index is 2.57. The van der Waals surface area contributed by atoms with Gasteiger partial charge < -0.3 is 10.4 Å². The van der Waals surface area contributed by atoms with Crippen molar-refractivity contribution in [1.82, 2.24) is 5.32 Å². The molecule has 0 fully saturated rings. The number of hydrogen-bond acceptors (Lipinski definition) is 2. The van der Waals surface area contributed by atoms with E-state index < -0.39 is 5.97 Å². The van der Waals surface area contributed by atoms with Crippen molar-refractivity contribution in [3.05, 3.63) is 41.5 Å². The normalized spacial score (nSPS) is 10.5. The molecule has 0 unspecified atom stereocenters. The molecule has 1 aromatic rings. The minimum absolute atomic E-state index is 0.00803. The third-order valence-corrected chi connectivity index (χ3v) is 2.38. The lowest BCUT2D eigenvalue weighted by atomic mass is 10.1. The van der Waals surface area contributed by atoms with Crippen LogP contribution in [0, 0.1) is 0 Å². The van der Waals surface area contributed by atoms with Crippen LogP contribution < -0.4 is 5.32 Å². The summed E-state index contributed by atoms with van der Waals surface area (Å²) in [4.78, 5) is 22.1. The SMILES string of the molecule is CCCC(=O)NCC=Cc1ccccc1C(=O)O. The molecule has 4 heteroatoms. The fourth-order valence-electron chi connectivity index (χ4n) is 1.51. The number of nitrogens with one attached hydrogen (secondary N) is 1. The molecule has 1 aromatic carbocycles. The van der Waals surface area contributed by atoms with Crippen molar-refractivity contribution in [2.75, 3.05) is 6.54 Å². The van der Waals surface area contributed by atoms with Gasteiger partial charge in [-0.2, -0.15) is 0 Å². The lowest BCUT2D eigenvalue weighted by molar-refractivity contribution is -0.120. The van der Waals surface area contributed by atoms with Crippen LogP contribution in [0.1, 0.15) is 35.7 Å². The van der Waals surface area contributed by atoms with E-state index in [0.29, 0.717) is 18.5 Å². The molecule has 96 valence electrons. The van der Waals surface area contributed by atoms with E-state index in [1.807, 2.05) is 6.92 Å². The minimum Gasteiger partial charge on any atom is -0.478 e. The maximum atomic E-state index is 11.2. The molecule has 0 bridgehead atoms. The van der Waals surface area contributed by atoms with Gasteiger partial charge in [-0.05, 0) is 18.1 Å². The van der Waals surface area contributed by atoms with E-state index >= 15 is 0 Å². The summed E-state index contributed by atoms with van der Waals surface area (Å²) in [6, 6.07) is 6.75. The molecular weight excluding hydrogens is 230 g/mol. The molecule has 1 amide bonds. The molecule has 0 heterocycles. The lowest BCUT2D eigenvalue weighted by Crippen LogP contribution is -2.22. The Morgan fingerprint density at radius 1 is 1.33 bits per heavy atom. The van der Waals surface area contributed by atoms with E-state index in [4.69, 9.17) is 5.11 Å². The van der Waals surface area contributed by atoms with Crippen LogP contribution in [0.25, 0.3) is 6.08 Å². The molecule has 0 atom stereocenters. The summed E-state index contributed by atoms with van der Waals surface area (Å²) in [6.07, 6.45) is 4.78. The fourth-order valence-corrected chi connectivity index (χ4v) is 1.51. The molecule has 1 rings (SSSR count). The van der Waals surface area contributed by atoms with Gasteiger partial charge in [0.15, 0.2) is 0 Å². The zero-order valence-corrected chi connectivity index (χ0v) is 10.3. The second kappa shape index (κ2) is 7.27. The fraction of sp³-hybridized carbons (Fsp3) is 0.286. The first-order valence-electron chi connectivity index (χ1n) is 5.90. The molecule has 0 aliphatic carbocycles. The molecule has 0 saturated carbocycles. The van der Waals surface area contributed by atoms with E-state index in [1.54, 1.807) is 36.4 Å². The Bertz CT molecular complexity index is 452. The zero-order valence-electron chi connectivity index (χ0n) is 10.3. The predicted octanol–water partition coefficient (Wildman–Crippen LogP) is 2.31. The van der Waals surface area contributed by atoms with Crippen LogP contribution in [0.2, 0.25) is 0 Å². The first kappa shape index (κ1) is 14.0. The summed E-state index contributed by atoms with van der Waals surface area (Å²) in [5.74, 6) is -0.945. The van der Waals surface area contributed by atoms with Crippen molar-refractivity contribution in [1.29, 1.82) is 0 Å². The van der Waals surface area contributed by atoms with E-state index in [0.717, 1.165) is 6.42 Å². The quantitative estimate of drug-likeness (QED) is 0.810. The van der Waals surface area contributed by atoms with Crippen molar-refractivity contribution in [2.45, 2.75) is 19.8 Å². The van der Waals surface area contributed by atoms with Gasteiger partial charge in [-0.1, -0.05) is 37.3 Å². The third-order valence-electron chi connectivity index (χ3n) is 2.38. The summed E-state index contributed by atoms with van der Waals surface area (Å²) in [7, 11) is 0. The number of aromatic carboxylic acids is 1. The Kier molecular flexibility index (Phi) is 5.64. The summed E-state index contributed by atoms with van der Waals surface area (Å²) in [6.45, 7) is 2.35. The second-order valence-corrected chi connectivity index (χ2v) is 3.85. The number of benzene rings is 1. The average Bonchev–Trinajstić information content (AvgIpc) is 2.35. The monoisotopic (exact) mass is 247 g/mol. The van der Waals surface area contributed by atoms with Crippen LogP contribution in [0.5, 0.6) is 0 Å². The molecule has 4 nitrogen and oxygen atoms in total. The molecular formula is C14H17NO3. The average molecular weight is 247 g/mol. The highest BCUT2D eigenvalue weighted by Gasteiger charge is 2.05. The van der Waals surface area contributed by atoms with Gasteiger partial charge in [0.1, 0.15) is 0 Å². The molecule has 18 heavy (non-hydrogen) atoms. The highest BCUT2D eigenvalue weighted by Crippen LogP contribution is 2.10. The van der Waals surface area contributed by atoms with Crippen molar-refractivity contribution in [2.24, 2.45) is 0 Å². The van der Waals surface area contributed by atoms with Crippen LogP contribution >= 0.6 is 0 Å². The van der Waals surface area contributed by atoms with Crippen molar-refractivity contribution < 1.29 is 14.7 Å². The molecule has 0 aliphatic heterocycles. The van der Waals surface area contributed by atoms with Crippen molar-refractivity contribution in [3.63, 3.8) is 0 Å². The van der Waals surface area contributed by atoms with E-state index in [1.165, 1.54) is 0 Å².